The van der Waals surface area contributed by atoms with E-state index in [-0.39, 0.29) is 5.56 Å². The number of fused-ring (bicyclic) bond motifs is 1. The maximum absolute atomic E-state index is 12.6. The summed E-state index contributed by atoms with van der Waals surface area (Å²) in [5.74, 6) is 0. The number of nitrogens with one attached hydrogen (secondary N) is 1. The number of H-pyrrole nitrogens is 1. The molecule has 0 atom stereocenters. The Kier molecular flexibility index (Phi) is 3.70. The molecule has 0 aliphatic heterocycles. The highest BCUT2D eigenvalue weighted by Gasteiger charge is 2.15. The maximum Gasteiger partial charge on any atom is 0.273 e. The molecule has 124 valence electrons. The second-order valence-corrected chi connectivity index (χ2v) is 6.56. The highest BCUT2D eigenvalue weighted by molar-refractivity contribution is 6.30. The van der Waals surface area contributed by atoms with Gasteiger partial charge in [0, 0.05) is 27.9 Å². The lowest BCUT2D eigenvalue weighted by Gasteiger charge is -2.04. The Morgan fingerprint density at radius 1 is 0.960 bits per heavy atom. The molecule has 0 aliphatic carbocycles. The summed E-state index contributed by atoms with van der Waals surface area (Å²) in [4.78, 5) is 17.3. The summed E-state index contributed by atoms with van der Waals surface area (Å²) >= 11 is 6.00. The van der Waals surface area contributed by atoms with Gasteiger partial charge in [0.1, 0.15) is 0 Å². The molecule has 2 aromatic heterocycles. The Morgan fingerprint density at radius 2 is 1.60 bits per heavy atom. The van der Waals surface area contributed by atoms with Gasteiger partial charge in [0.25, 0.3) is 5.56 Å². The molecule has 4 rings (SSSR count). The number of hydrogen-bond donors (Lipinski definition) is 1. The van der Waals surface area contributed by atoms with Gasteiger partial charge in [-0.3, -0.25) is 9.89 Å². The zero-order valence-electron chi connectivity index (χ0n) is 13.9. The molecule has 5 heteroatoms. The monoisotopic (exact) mass is 349 g/mol. The maximum atomic E-state index is 12.6. The van der Waals surface area contributed by atoms with E-state index in [4.69, 9.17) is 16.6 Å². The van der Waals surface area contributed by atoms with Crippen molar-refractivity contribution < 1.29 is 0 Å². The van der Waals surface area contributed by atoms with Crippen molar-refractivity contribution in [1.82, 2.24) is 14.6 Å². The molecule has 25 heavy (non-hydrogen) atoms. The molecule has 0 aliphatic rings. The number of aryl methyl sites for hydroxylation is 2. The number of aromatic nitrogens is 3. The smallest absolute Gasteiger partial charge is 0.273 e. The van der Waals surface area contributed by atoms with E-state index in [1.165, 1.54) is 10.1 Å². The SMILES string of the molecule is Cc1ccc(-c2cc(=O)n3[nH]c(C)c(-c4ccc(Cl)cc4)c3n2)cc1. The Hall–Kier alpha value is -2.85. The van der Waals surface area contributed by atoms with Crippen LogP contribution >= 0.6 is 11.6 Å². The van der Waals surface area contributed by atoms with E-state index >= 15 is 0 Å². The first kappa shape index (κ1) is 15.7. The Balaban J connectivity index is 1.98. The van der Waals surface area contributed by atoms with Crippen LogP contribution in [0.25, 0.3) is 28.0 Å². The summed E-state index contributed by atoms with van der Waals surface area (Å²) in [6, 6.07) is 17.1. The summed E-state index contributed by atoms with van der Waals surface area (Å²) in [6.45, 7) is 3.97. The molecule has 0 saturated heterocycles. The van der Waals surface area contributed by atoms with E-state index in [1.54, 1.807) is 6.07 Å². The minimum atomic E-state index is -0.135. The van der Waals surface area contributed by atoms with Crippen LogP contribution in [0.4, 0.5) is 0 Å². The van der Waals surface area contributed by atoms with Crippen molar-refractivity contribution in [3.05, 3.63) is 81.2 Å². The molecule has 4 aromatic rings. The second kappa shape index (κ2) is 5.90. The van der Waals surface area contributed by atoms with E-state index in [0.29, 0.717) is 16.4 Å². The molecular weight excluding hydrogens is 334 g/mol. The first-order valence-electron chi connectivity index (χ1n) is 7.98. The van der Waals surface area contributed by atoms with E-state index in [0.717, 1.165) is 22.4 Å². The molecule has 0 spiro atoms. The van der Waals surface area contributed by atoms with Crippen LogP contribution in [0.2, 0.25) is 5.02 Å². The van der Waals surface area contributed by atoms with Crippen LogP contribution in [-0.4, -0.2) is 14.6 Å². The number of benzene rings is 2. The standard InChI is InChI=1S/C20H16ClN3O/c1-12-3-5-14(6-4-12)17-11-18(25)24-20(22-17)19(13(2)23-24)15-7-9-16(21)10-8-15/h3-11,23H,1-2H3. The fraction of sp³-hybridized carbons (Fsp3) is 0.100. The lowest BCUT2D eigenvalue weighted by molar-refractivity contribution is 0.882. The molecule has 2 heterocycles. The third-order valence-electron chi connectivity index (χ3n) is 4.28. The van der Waals surface area contributed by atoms with E-state index in [1.807, 2.05) is 62.4 Å². The summed E-state index contributed by atoms with van der Waals surface area (Å²) in [5.41, 5.74) is 5.99. The van der Waals surface area contributed by atoms with Crippen LogP contribution in [0.3, 0.4) is 0 Å². The van der Waals surface area contributed by atoms with Crippen molar-refractivity contribution in [2.24, 2.45) is 0 Å². The van der Waals surface area contributed by atoms with Crippen LogP contribution in [0.5, 0.6) is 0 Å². The van der Waals surface area contributed by atoms with E-state index in [9.17, 15) is 4.79 Å². The fourth-order valence-electron chi connectivity index (χ4n) is 2.98. The van der Waals surface area contributed by atoms with E-state index < -0.39 is 0 Å². The predicted molar refractivity (Wildman–Crippen MR) is 101 cm³/mol. The van der Waals surface area contributed by atoms with Gasteiger partial charge in [-0.2, -0.15) is 0 Å². The minimum absolute atomic E-state index is 0.135. The van der Waals surface area contributed by atoms with Gasteiger partial charge in [0.2, 0.25) is 0 Å². The summed E-state index contributed by atoms with van der Waals surface area (Å²) in [7, 11) is 0. The predicted octanol–water partition coefficient (Wildman–Crippen LogP) is 4.63. The van der Waals surface area contributed by atoms with Gasteiger partial charge in [-0.25, -0.2) is 9.50 Å². The van der Waals surface area contributed by atoms with Gasteiger partial charge in [-0.05, 0) is 31.5 Å². The molecule has 0 unspecified atom stereocenters. The van der Waals surface area contributed by atoms with E-state index in [2.05, 4.69) is 5.10 Å². The molecule has 0 fully saturated rings. The third-order valence-corrected chi connectivity index (χ3v) is 4.53. The van der Waals surface area contributed by atoms with Gasteiger partial charge in [0.05, 0.1) is 5.69 Å². The highest BCUT2D eigenvalue weighted by atomic mass is 35.5. The zero-order chi connectivity index (χ0) is 17.6. The average molecular weight is 350 g/mol. The quantitative estimate of drug-likeness (QED) is 0.573. The molecule has 0 bridgehead atoms. The molecule has 0 saturated carbocycles. The van der Waals surface area contributed by atoms with Crippen LogP contribution in [0.1, 0.15) is 11.3 Å². The number of nitrogens with zero attached hydrogens (tertiary/aromatic N) is 2. The van der Waals surface area contributed by atoms with Crippen molar-refractivity contribution >= 4 is 17.2 Å². The normalized spacial score (nSPS) is 11.2. The van der Waals surface area contributed by atoms with Gasteiger partial charge in [-0.1, -0.05) is 53.6 Å². The minimum Gasteiger partial charge on any atom is -0.293 e. The highest BCUT2D eigenvalue weighted by Crippen LogP contribution is 2.28. The lowest BCUT2D eigenvalue weighted by atomic mass is 10.1. The van der Waals surface area contributed by atoms with Gasteiger partial charge >= 0.3 is 0 Å². The second-order valence-electron chi connectivity index (χ2n) is 6.12. The molecule has 1 N–H and O–H groups in total. The van der Waals surface area contributed by atoms with Crippen molar-refractivity contribution in [2.45, 2.75) is 13.8 Å². The Bertz CT molecular complexity index is 1120. The Morgan fingerprint density at radius 3 is 2.28 bits per heavy atom. The molecular formula is C20H16ClN3O. The average Bonchev–Trinajstić information content (AvgIpc) is 2.93. The van der Waals surface area contributed by atoms with Crippen molar-refractivity contribution in [1.29, 1.82) is 0 Å². The van der Waals surface area contributed by atoms with Crippen LogP contribution in [0, 0.1) is 13.8 Å². The van der Waals surface area contributed by atoms with Gasteiger partial charge in [-0.15, -0.1) is 0 Å². The number of aromatic amines is 1. The zero-order valence-corrected chi connectivity index (χ0v) is 14.6. The number of hydrogen-bond acceptors (Lipinski definition) is 2. The number of halogens is 1. The van der Waals surface area contributed by atoms with Crippen LogP contribution in [0.15, 0.2) is 59.4 Å². The lowest BCUT2D eigenvalue weighted by Crippen LogP contribution is -2.14. The summed E-state index contributed by atoms with van der Waals surface area (Å²) in [6.07, 6.45) is 0. The molecule has 2 aromatic carbocycles. The summed E-state index contributed by atoms with van der Waals surface area (Å²) in [5, 5.41) is 3.78. The largest absolute Gasteiger partial charge is 0.293 e. The topological polar surface area (TPSA) is 50.2 Å². The first-order chi connectivity index (χ1) is 12.0. The first-order valence-corrected chi connectivity index (χ1v) is 8.36. The van der Waals surface area contributed by atoms with Gasteiger partial charge < -0.3 is 0 Å². The fourth-order valence-corrected chi connectivity index (χ4v) is 3.11. The van der Waals surface area contributed by atoms with Crippen molar-refractivity contribution in [3.63, 3.8) is 0 Å². The molecule has 0 amide bonds. The van der Waals surface area contributed by atoms with Crippen LogP contribution in [-0.2, 0) is 0 Å². The third kappa shape index (κ3) is 2.75. The number of rotatable bonds is 2. The molecule has 4 nitrogen and oxygen atoms in total. The van der Waals surface area contributed by atoms with Crippen molar-refractivity contribution in [2.75, 3.05) is 0 Å². The Labute approximate surface area is 149 Å². The molecule has 0 radical (unpaired) electrons. The van der Waals surface area contributed by atoms with Crippen LogP contribution < -0.4 is 5.56 Å². The van der Waals surface area contributed by atoms with Gasteiger partial charge in [0.15, 0.2) is 5.65 Å². The van der Waals surface area contributed by atoms with Crippen molar-refractivity contribution in [3.8, 4) is 22.4 Å². The summed E-state index contributed by atoms with van der Waals surface area (Å²) < 4.78 is 1.48.